The van der Waals surface area contributed by atoms with E-state index in [4.69, 9.17) is 11.6 Å². The SMILES string of the molecule is O=C(C1=CCCCC1)c1ccc(Cl)s1. The lowest BCUT2D eigenvalue weighted by atomic mass is 9.96. The largest absolute Gasteiger partial charge is 0.288 e. The highest BCUT2D eigenvalue weighted by atomic mass is 35.5. The van der Waals surface area contributed by atoms with E-state index in [9.17, 15) is 4.79 Å². The second-order valence-electron chi connectivity index (χ2n) is 3.41. The van der Waals surface area contributed by atoms with Crippen LogP contribution >= 0.6 is 22.9 Å². The summed E-state index contributed by atoms with van der Waals surface area (Å²) in [6.45, 7) is 0. The second kappa shape index (κ2) is 4.28. The van der Waals surface area contributed by atoms with Crippen LogP contribution in [0.25, 0.3) is 0 Å². The van der Waals surface area contributed by atoms with Gasteiger partial charge in [-0.25, -0.2) is 0 Å². The van der Waals surface area contributed by atoms with Crippen LogP contribution in [0.2, 0.25) is 4.34 Å². The normalized spacial score (nSPS) is 16.5. The molecule has 0 saturated heterocycles. The molecule has 1 aliphatic rings. The van der Waals surface area contributed by atoms with Crippen LogP contribution in [-0.2, 0) is 0 Å². The van der Waals surface area contributed by atoms with Crippen molar-refractivity contribution >= 4 is 28.7 Å². The number of Topliss-reactive ketones (excluding diaryl/α,β-unsaturated/α-hetero) is 1. The molecule has 2 rings (SSSR count). The van der Waals surface area contributed by atoms with Crippen LogP contribution in [0.5, 0.6) is 0 Å². The predicted octanol–water partition coefficient (Wildman–Crippen LogP) is 4.08. The number of allylic oxidation sites excluding steroid dienone is 2. The lowest BCUT2D eigenvalue weighted by Crippen LogP contribution is -2.04. The molecule has 0 aromatic carbocycles. The van der Waals surface area contributed by atoms with Gasteiger partial charge in [-0.3, -0.25) is 4.79 Å². The number of thiophene rings is 1. The van der Waals surface area contributed by atoms with E-state index in [2.05, 4.69) is 6.08 Å². The van der Waals surface area contributed by atoms with Gasteiger partial charge in [-0.1, -0.05) is 17.7 Å². The van der Waals surface area contributed by atoms with E-state index >= 15 is 0 Å². The Hall–Kier alpha value is -0.600. The molecule has 0 spiro atoms. The van der Waals surface area contributed by atoms with Gasteiger partial charge in [0.1, 0.15) is 0 Å². The fraction of sp³-hybridized carbons (Fsp3) is 0.364. The Bertz CT molecular complexity index is 378. The number of halogens is 1. The van der Waals surface area contributed by atoms with Gasteiger partial charge in [-0.15, -0.1) is 11.3 Å². The van der Waals surface area contributed by atoms with Crippen molar-refractivity contribution in [3.8, 4) is 0 Å². The minimum absolute atomic E-state index is 0.168. The predicted molar refractivity (Wildman–Crippen MR) is 60.2 cm³/mol. The minimum atomic E-state index is 0.168. The molecule has 3 heteroatoms. The highest BCUT2D eigenvalue weighted by Crippen LogP contribution is 2.27. The summed E-state index contributed by atoms with van der Waals surface area (Å²) in [5.74, 6) is 0.168. The molecule has 0 N–H and O–H groups in total. The average Bonchev–Trinajstić information content (AvgIpc) is 2.65. The van der Waals surface area contributed by atoms with Gasteiger partial charge in [-0.05, 0) is 43.4 Å². The van der Waals surface area contributed by atoms with Crippen molar-refractivity contribution < 1.29 is 4.79 Å². The van der Waals surface area contributed by atoms with Gasteiger partial charge >= 0.3 is 0 Å². The van der Waals surface area contributed by atoms with E-state index in [1.54, 1.807) is 6.07 Å². The molecule has 0 unspecified atom stereocenters. The van der Waals surface area contributed by atoms with Gasteiger partial charge in [0, 0.05) is 0 Å². The van der Waals surface area contributed by atoms with Crippen LogP contribution in [-0.4, -0.2) is 5.78 Å². The fourth-order valence-corrected chi connectivity index (χ4v) is 2.66. The summed E-state index contributed by atoms with van der Waals surface area (Å²) in [5.41, 5.74) is 0.967. The highest BCUT2D eigenvalue weighted by Gasteiger charge is 2.15. The first-order chi connectivity index (χ1) is 6.77. The maximum absolute atomic E-state index is 11.9. The summed E-state index contributed by atoms with van der Waals surface area (Å²) >= 11 is 7.15. The highest BCUT2D eigenvalue weighted by molar-refractivity contribution is 7.18. The summed E-state index contributed by atoms with van der Waals surface area (Å²) in [6.07, 6.45) is 6.38. The van der Waals surface area contributed by atoms with Crippen LogP contribution in [0.1, 0.15) is 35.4 Å². The van der Waals surface area contributed by atoms with Gasteiger partial charge in [-0.2, -0.15) is 0 Å². The Kier molecular flexibility index (Phi) is 3.04. The van der Waals surface area contributed by atoms with Crippen molar-refractivity contribution in [2.24, 2.45) is 0 Å². The van der Waals surface area contributed by atoms with Crippen LogP contribution in [0.3, 0.4) is 0 Å². The van der Waals surface area contributed by atoms with Crippen molar-refractivity contribution in [2.45, 2.75) is 25.7 Å². The number of carbonyl (C=O) groups excluding carboxylic acids is 1. The number of carbonyl (C=O) groups is 1. The molecule has 0 amide bonds. The van der Waals surface area contributed by atoms with Gasteiger partial charge in [0.25, 0.3) is 0 Å². The summed E-state index contributed by atoms with van der Waals surface area (Å²) in [4.78, 5) is 12.7. The molecule has 14 heavy (non-hydrogen) atoms. The average molecular weight is 227 g/mol. The smallest absolute Gasteiger partial charge is 0.198 e. The number of hydrogen-bond acceptors (Lipinski definition) is 2. The van der Waals surface area contributed by atoms with E-state index in [1.807, 2.05) is 6.07 Å². The number of rotatable bonds is 2. The maximum Gasteiger partial charge on any atom is 0.198 e. The van der Waals surface area contributed by atoms with Gasteiger partial charge in [0.2, 0.25) is 0 Å². The Morgan fingerprint density at radius 2 is 2.21 bits per heavy atom. The lowest BCUT2D eigenvalue weighted by Gasteiger charge is -2.09. The molecule has 74 valence electrons. The van der Waals surface area contributed by atoms with E-state index < -0.39 is 0 Å². The van der Waals surface area contributed by atoms with Crippen LogP contribution < -0.4 is 0 Å². The molecule has 1 aliphatic carbocycles. The van der Waals surface area contributed by atoms with Crippen molar-refractivity contribution in [3.05, 3.63) is 33.0 Å². The van der Waals surface area contributed by atoms with E-state index in [0.717, 1.165) is 29.7 Å². The Labute approximate surface area is 92.4 Å². The molecular formula is C11H11ClOS. The minimum Gasteiger partial charge on any atom is -0.288 e. The first-order valence-electron chi connectivity index (χ1n) is 4.76. The topological polar surface area (TPSA) is 17.1 Å². The molecule has 0 aliphatic heterocycles. The van der Waals surface area contributed by atoms with Crippen LogP contribution in [0.15, 0.2) is 23.8 Å². The quantitative estimate of drug-likeness (QED) is 0.695. The Balaban J connectivity index is 2.19. The lowest BCUT2D eigenvalue weighted by molar-refractivity contribution is 0.103. The fourth-order valence-electron chi connectivity index (χ4n) is 1.64. The zero-order valence-electron chi connectivity index (χ0n) is 7.75. The zero-order chi connectivity index (χ0) is 9.97. The first-order valence-corrected chi connectivity index (χ1v) is 5.96. The van der Waals surface area contributed by atoms with E-state index in [1.165, 1.54) is 17.8 Å². The molecule has 0 fully saturated rings. The molecule has 1 aromatic heterocycles. The Morgan fingerprint density at radius 1 is 1.36 bits per heavy atom. The molecule has 0 bridgehead atoms. The standard InChI is InChI=1S/C11H11ClOS/c12-10-7-6-9(14-10)11(13)8-4-2-1-3-5-8/h4,6-7H,1-3,5H2. The van der Waals surface area contributed by atoms with Gasteiger partial charge in [0.05, 0.1) is 9.21 Å². The molecule has 1 aromatic rings. The first kappa shape index (κ1) is 9.94. The third-order valence-corrected chi connectivity index (χ3v) is 3.61. The molecule has 0 radical (unpaired) electrons. The molecule has 0 atom stereocenters. The zero-order valence-corrected chi connectivity index (χ0v) is 9.33. The second-order valence-corrected chi connectivity index (χ2v) is 5.12. The molecule has 1 nitrogen and oxygen atoms in total. The number of ketones is 1. The number of hydrogen-bond donors (Lipinski definition) is 0. The van der Waals surface area contributed by atoms with E-state index in [-0.39, 0.29) is 5.78 Å². The van der Waals surface area contributed by atoms with Crippen LogP contribution in [0, 0.1) is 0 Å². The monoisotopic (exact) mass is 226 g/mol. The van der Waals surface area contributed by atoms with Gasteiger partial charge < -0.3 is 0 Å². The van der Waals surface area contributed by atoms with E-state index in [0.29, 0.717) is 4.34 Å². The molecule has 0 saturated carbocycles. The third-order valence-electron chi connectivity index (χ3n) is 2.38. The maximum atomic E-state index is 11.9. The molecular weight excluding hydrogens is 216 g/mol. The Morgan fingerprint density at radius 3 is 2.79 bits per heavy atom. The summed E-state index contributed by atoms with van der Waals surface area (Å²) in [6, 6.07) is 3.59. The summed E-state index contributed by atoms with van der Waals surface area (Å²) in [5, 5.41) is 0. The van der Waals surface area contributed by atoms with Crippen molar-refractivity contribution in [2.75, 3.05) is 0 Å². The van der Waals surface area contributed by atoms with Crippen molar-refractivity contribution in [1.29, 1.82) is 0 Å². The summed E-state index contributed by atoms with van der Waals surface area (Å²) < 4.78 is 0.685. The van der Waals surface area contributed by atoms with Crippen LogP contribution in [0.4, 0.5) is 0 Å². The van der Waals surface area contributed by atoms with Crippen molar-refractivity contribution in [3.63, 3.8) is 0 Å². The summed E-state index contributed by atoms with van der Waals surface area (Å²) in [7, 11) is 0. The van der Waals surface area contributed by atoms with Gasteiger partial charge in [0.15, 0.2) is 5.78 Å². The molecule has 1 heterocycles. The van der Waals surface area contributed by atoms with Crippen molar-refractivity contribution in [1.82, 2.24) is 0 Å². The third kappa shape index (κ3) is 2.07.